The molecule has 0 aliphatic heterocycles. The van der Waals surface area contributed by atoms with Crippen molar-refractivity contribution < 1.29 is 13.2 Å². The number of nitrogens with two attached hydrogens (primary N) is 1. The Bertz CT molecular complexity index is 793. The molecule has 0 unspecified atom stereocenters. The fraction of sp³-hybridized carbons (Fsp3) is 0.154. The van der Waals surface area contributed by atoms with Crippen molar-refractivity contribution in [3.63, 3.8) is 0 Å². The number of nitrogen functional groups attached to an aromatic ring is 1. The Balaban J connectivity index is 2.33. The van der Waals surface area contributed by atoms with E-state index in [9.17, 15) is 13.2 Å². The first kappa shape index (κ1) is 15.8. The van der Waals surface area contributed by atoms with Gasteiger partial charge in [-0.25, -0.2) is 8.42 Å². The summed E-state index contributed by atoms with van der Waals surface area (Å²) < 4.78 is 23.1. The lowest BCUT2D eigenvalue weighted by atomic mass is 10.3. The Labute approximate surface area is 131 Å². The van der Waals surface area contributed by atoms with Gasteiger partial charge in [0.05, 0.1) is 20.5 Å². The van der Waals surface area contributed by atoms with Crippen LogP contribution in [-0.2, 0) is 9.84 Å². The van der Waals surface area contributed by atoms with Crippen molar-refractivity contribution in [1.29, 1.82) is 0 Å². The van der Waals surface area contributed by atoms with Gasteiger partial charge < -0.3 is 11.1 Å². The zero-order chi connectivity index (χ0) is 15.8. The molecule has 112 valence electrons. The van der Waals surface area contributed by atoms with Crippen LogP contribution >= 0.6 is 22.9 Å². The van der Waals surface area contributed by atoms with Crippen LogP contribution in [0.3, 0.4) is 0 Å². The second kappa shape index (κ2) is 5.67. The van der Waals surface area contributed by atoms with Gasteiger partial charge in [0.2, 0.25) is 0 Å². The number of nitrogens with one attached hydrogen (secondary N) is 1. The van der Waals surface area contributed by atoms with Crippen LogP contribution in [0.2, 0.25) is 5.02 Å². The lowest BCUT2D eigenvalue weighted by molar-refractivity contribution is 0.103. The minimum absolute atomic E-state index is 0.0871. The van der Waals surface area contributed by atoms with E-state index in [4.69, 9.17) is 17.3 Å². The van der Waals surface area contributed by atoms with Gasteiger partial charge in [0.15, 0.2) is 9.84 Å². The Morgan fingerprint density at radius 1 is 1.33 bits per heavy atom. The highest BCUT2D eigenvalue weighted by Crippen LogP contribution is 2.28. The zero-order valence-corrected chi connectivity index (χ0v) is 13.7. The van der Waals surface area contributed by atoms with Crippen molar-refractivity contribution in [2.75, 3.05) is 17.3 Å². The number of anilines is 2. The van der Waals surface area contributed by atoms with Crippen molar-refractivity contribution in [3.05, 3.63) is 39.0 Å². The van der Waals surface area contributed by atoms with E-state index in [1.807, 2.05) is 6.92 Å². The molecule has 0 fully saturated rings. The quantitative estimate of drug-likeness (QED) is 0.895. The van der Waals surface area contributed by atoms with E-state index in [-0.39, 0.29) is 21.5 Å². The largest absolute Gasteiger partial charge is 0.398 e. The van der Waals surface area contributed by atoms with E-state index in [0.29, 0.717) is 10.6 Å². The van der Waals surface area contributed by atoms with E-state index in [0.717, 1.165) is 11.1 Å². The molecule has 1 amide bonds. The fourth-order valence-electron chi connectivity index (χ4n) is 1.62. The summed E-state index contributed by atoms with van der Waals surface area (Å²) >= 11 is 7.24. The molecular weight excluding hydrogens is 332 g/mol. The van der Waals surface area contributed by atoms with Crippen LogP contribution in [-0.4, -0.2) is 20.6 Å². The average molecular weight is 345 g/mol. The molecule has 0 aliphatic carbocycles. The SMILES string of the molecule is Cc1sc(C(=O)Nc2cc(S(C)(=O)=O)ccc2Cl)cc1N. The van der Waals surface area contributed by atoms with Crippen molar-refractivity contribution in [3.8, 4) is 0 Å². The molecular formula is C13H13ClN2O3S2. The maximum Gasteiger partial charge on any atom is 0.265 e. The number of hydrogen-bond donors (Lipinski definition) is 2. The van der Waals surface area contributed by atoms with Gasteiger partial charge in [-0.3, -0.25) is 4.79 Å². The smallest absolute Gasteiger partial charge is 0.265 e. The Hall–Kier alpha value is -1.57. The predicted molar refractivity (Wildman–Crippen MR) is 86.0 cm³/mol. The minimum Gasteiger partial charge on any atom is -0.398 e. The number of aryl methyl sites for hydroxylation is 1. The highest BCUT2D eigenvalue weighted by molar-refractivity contribution is 7.90. The number of carbonyl (C=O) groups is 1. The second-order valence-electron chi connectivity index (χ2n) is 4.49. The van der Waals surface area contributed by atoms with Crippen LogP contribution in [0.5, 0.6) is 0 Å². The van der Waals surface area contributed by atoms with Gasteiger partial charge in [0.1, 0.15) is 0 Å². The topological polar surface area (TPSA) is 89.3 Å². The summed E-state index contributed by atoms with van der Waals surface area (Å²) in [6.45, 7) is 1.81. The first-order chi connectivity index (χ1) is 9.68. The van der Waals surface area contributed by atoms with Gasteiger partial charge in [0, 0.05) is 16.8 Å². The van der Waals surface area contributed by atoms with Crippen LogP contribution in [0.25, 0.3) is 0 Å². The molecule has 0 spiro atoms. The number of benzene rings is 1. The number of thiophene rings is 1. The Kier molecular flexibility index (Phi) is 4.27. The third-order valence-corrected chi connectivity index (χ3v) is 5.30. The van der Waals surface area contributed by atoms with Crippen molar-refractivity contribution in [1.82, 2.24) is 0 Å². The van der Waals surface area contributed by atoms with Gasteiger partial charge in [-0.05, 0) is 31.2 Å². The number of rotatable bonds is 3. The van der Waals surface area contributed by atoms with Gasteiger partial charge in [-0.15, -0.1) is 11.3 Å². The summed E-state index contributed by atoms with van der Waals surface area (Å²) in [6.07, 6.45) is 1.09. The number of carbonyl (C=O) groups excluding carboxylic acids is 1. The van der Waals surface area contributed by atoms with Crippen LogP contribution in [0.15, 0.2) is 29.2 Å². The summed E-state index contributed by atoms with van der Waals surface area (Å²) in [6, 6.07) is 5.73. The number of sulfone groups is 1. The summed E-state index contributed by atoms with van der Waals surface area (Å²) in [5.74, 6) is -0.382. The summed E-state index contributed by atoms with van der Waals surface area (Å²) in [7, 11) is -3.37. The molecule has 2 rings (SSSR count). The van der Waals surface area contributed by atoms with E-state index < -0.39 is 9.84 Å². The number of hydrogen-bond acceptors (Lipinski definition) is 5. The standard InChI is InChI=1S/C13H13ClN2O3S2/c1-7-10(15)6-12(20-7)13(17)16-11-5-8(21(2,18)19)3-4-9(11)14/h3-6H,15H2,1-2H3,(H,16,17). The molecule has 5 nitrogen and oxygen atoms in total. The highest BCUT2D eigenvalue weighted by atomic mass is 35.5. The first-order valence-electron chi connectivity index (χ1n) is 5.85. The van der Waals surface area contributed by atoms with Crippen LogP contribution < -0.4 is 11.1 Å². The molecule has 1 heterocycles. The normalized spacial score (nSPS) is 11.4. The van der Waals surface area contributed by atoms with E-state index in [2.05, 4.69) is 5.32 Å². The first-order valence-corrected chi connectivity index (χ1v) is 8.94. The zero-order valence-electron chi connectivity index (χ0n) is 11.3. The molecule has 0 radical (unpaired) electrons. The summed E-state index contributed by atoms with van der Waals surface area (Å²) in [5, 5.41) is 2.86. The molecule has 3 N–H and O–H groups in total. The summed E-state index contributed by atoms with van der Waals surface area (Å²) in [4.78, 5) is 13.5. The average Bonchev–Trinajstić information content (AvgIpc) is 2.71. The molecule has 0 saturated heterocycles. The monoisotopic (exact) mass is 344 g/mol. The molecule has 1 aromatic heterocycles. The lowest BCUT2D eigenvalue weighted by Gasteiger charge is -2.08. The van der Waals surface area contributed by atoms with E-state index in [1.165, 1.54) is 29.5 Å². The van der Waals surface area contributed by atoms with E-state index >= 15 is 0 Å². The lowest BCUT2D eigenvalue weighted by Crippen LogP contribution is -2.11. The van der Waals surface area contributed by atoms with Gasteiger partial charge >= 0.3 is 0 Å². The van der Waals surface area contributed by atoms with Crippen molar-refractivity contribution >= 4 is 50.1 Å². The molecule has 0 atom stereocenters. The van der Waals surface area contributed by atoms with Crippen molar-refractivity contribution in [2.24, 2.45) is 0 Å². The highest BCUT2D eigenvalue weighted by Gasteiger charge is 2.15. The second-order valence-corrected chi connectivity index (χ2v) is 8.17. The number of amides is 1. The molecule has 21 heavy (non-hydrogen) atoms. The van der Waals surface area contributed by atoms with Crippen LogP contribution in [0, 0.1) is 6.92 Å². The maximum atomic E-state index is 12.1. The molecule has 8 heteroatoms. The Morgan fingerprint density at radius 2 is 2.00 bits per heavy atom. The molecule has 2 aromatic rings. The molecule has 1 aromatic carbocycles. The third-order valence-electron chi connectivity index (χ3n) is 2.79. The van der Waals surface area contributed by atoms with E-state index in [1.54, 1.807) is 6.07 Å². The van der Waals surface area contributed by atoms with Gasteiger partial charge in [-0.1, -0.05) is 11.6 Å². The fourth-order valence-corrected chi connectivity index (χ4v) is 3.27. The molecule has 0 aliphatic rings. The van der Waals surface area contributed by atoms with Crippen molar-refractivity contribution in [2.45, 2.75) is 11.8 Å². The van der Waals surface area contributed by atoms with Gasteiger partial charge in [-0.2, -0.15) is 0 Å². The predicted octanol–water partition coefficient (Wildman–Crippen LogP) is 2.95. The maximum absolute atomic E-state index is 12.1. The summed E-state index contributed by atoms with van der Waals surface area (Å²) in [5.41, 5.74) is 6.50. The molecule has 0 bridgehead atoms. The third kappa shape index (κ3) is 3.55. The minimum atomic E-state index is -3.37. The van der Waals surface area contributed by atoms with Crippen LogP contribution in [0.1, 0.15) is 14.5 Å². The Morgan fingerprint density at radius 3 is 2.52 bits per heavy atom. The van der Waals surface area contributed by atoms with Crippen LogP contribution in [0.4, 0.5) is 11.4 Å². The molecule has 0 saturated carbocycles. The van der Waals surface area contributed by atoms with Gasteiger partial charge in [0.25, 0.3) is 5.91 Å². The number of halogens is 1.